The van der Waals surface area contributed by atoms with Crippen molar-refractivity contribution in [2.45, 2.75) is 39.0 Å². The highest BCUT2D eigenvalue weighted by atomic mass is 32.1. The van der Waals surface area contributed by atoms with Crippen molar-refractivity contribution in [2.24, 2.45) is 0 Å². The van der Waals surface area contributed by atoms with Gasteiger partial charge in [-0.2, -0.15) is 5.26 Å². The van der Waals surface area contributed by atoms with Crippen LogP contribution in [0.15, 0.2) is 29.6 Å². The Bertz CT molecular complexity index is 775. The van der Waals surface area contributed by atoms with E-state index in [4.69, 9.17) is 4.74 Å². The topological polar surface area (TPSA) is 80.0 Å². The molecule has 0 fully saturated rings. The molecule has 0 saturated carbocycles. The molecule has 1 atom stereocenters. The van der Waals surface area contributed by atoms with Crippen LogP contribution in [0.4, 0.5) is 0 Å². The number of esters is 1. The van der Waals surface area contributed by atoms with Crippen molar-refractivity contribution in [3.05, 3.63) is 51.5 Å². The second-order valence-electron chi connectivity index (χ2n) is 5.69. The Hall–Kier alpha value is -2.52. The highest BCUT2D eigenvalue weighted by Gasteiger charge is 2.24. The quantitative estimate of drug-likeness (QED) is 0.678. The monoisotopic (exact) mass is 356 g/mol. The van der Waals surface area contributed by atoms with Crippen LogP contribution in [0, 0.1) is 18.3 Å². The summed E-state index contributed by atoms with van der Waals surface area (Å²) in [6.07, 6.45) is 1.74. The van der Waals surface area contributed by atoms with E-state index >= 15 is 0 Å². The predicted octanol–water partition coefficient (Wildman–Crippen LogP) is 3.37. The molecule has 5 nitrogen and oxygen atoms in total. The molecule has 0 spiro atoms. The van der Waals surface area contributed by atoms with E-state index in [1.807, 2.05) is 30.3 Å². The first kappa shape index (κ1) is 18.8. The van der Waals surface area contributed by atoms with Gasteiger partial charge in [-0.3, -0.25) is 9.59 Å². The standard InChI is InChI=1S/C19H20N2O3S/c1-3-14-4-6-15(7-5-14)8-9-18(23)24-11-17(22)16(10-20)19-21-13(2)12-25-19/h4-7,12,16H,3,8-9,11H2,1-2H3/t16-/m1/s1. The third-order valence-corrected chi connectivity index (χ3v) is 4.79. The molecule has 0 amide bonds. The first-order chi connectivity index (χ1) is 12.0. The number of ether oxygens (including phenoxy) is 1. The van der Waals surface area contributed by atoms with Crippen LogP contribution >= 0.6 is 11.3 Å². The molecule has 0 aliphatic rings. The predicted molar refractivity (Wildman–Crippen MR) is 95.3 cm³/mol. The van der Waals surface area contributed by atoms with Gasteiger partial charge in [-0.05, 0) is 30.9 Å². The van der Waals surface area contributed by atoms with Gasteiger partial charge in [-0.25, -0.2) is 4.98 Å². The summed E-state index contributed by atoms with van der Waals surface area (Å²) in [4.78, 5) is 28.1. The van der Waals surface area contributed by atoms with E-state index in [0.717, 1.165) is 17.7 Å². The summed E-state index contributed by atoms with van der Waals surface area (Å²) in [6.45, 7) is 3.49. The number of hydrogen-bond donors (Lipinski definition) is 0. The molecular weight excluding hydrogens is 336 g/mol. The minimum atomic E-state index is -0.979. The van der Waals surface area contributed by atoms with Crippen LogP contribution in [-0.2, 0) is 27.2 Å². The second kappa shape index (κ2) is 9.09. The maximum atomic E-state index is 12.1. The van der Waals surface area contributed by atoms with Crippen LogP contribution in [0.5, 0.6) is 0 Å². The van der Waals surface area contributed by atoms with Crippen molar-refractivity contribution in [3.8, 4) is 6.07 Å². The zero-order valence-corrected chi connectivity index (χ0v) is 15.1. The number of hydrogen-bond acceptors (Lipinski definition) is 6. The van der Waals surface area contributed by atoms with Crippen LogP contribution in [-0.4, -0.2) is 23.3 Å². The minimum Gasteiger partial charge on any atom is -0.458 e. The zero-order valence-electron chi connectivity index (χ0n) is 14.3. The highest BCUT2D eigenvalue weighted by Crippen LogP contribution is 2.20. The fourth-order valence-electron chi connectivity index (χ4n) is 2.26. The van der Waals surface area contributed by atoms with Crippen LogP contribution in [0.3, 0.4) is 0 Å². The molecule has 0 aliphatic heterocycles. The Kier molecular flexibility index (Phi) is 6.84. The van der Waals surface area contributed by atoms with E-state index in [1.165, 1.54) is 16.9 Å². The number of nitriles is 1. The molecule has 1 aromatic heterocycles. The van der Waals surface area contributed by atoms with E-state index < -0.39 is 24.3 Å². The van der Waals surface area contributed by atoms with Gasteiger partial charge in [-0.1, -0.05) is 31.2 Å². The lowest BCUT2D eigenvalue weighted by atomic mass is 10.1. The summed E-state index contributed by atoms with van der Waals surface area (Å²) in [5.74, 6) is -1.87. The first-order valence-corrected chi connectivity index (χ1v) is 8.99. The Morgan fingerprint density at radius 3 is 2.52 bits per heavy atom. The smallest absolute Gasteiger partial charge is 0.306 e. The Morgan fingerprint density at radius 2 is 1.96 bits per heavy atom. The summed E-state index contributed by atoms with van der Waals surface area (Å²) in [5, 5.41) is 11.4. The molecule has 130 valence electrons. The SMILES string of the molecule is CCc1ccc(CCC(=O)OCC(=O)[C@@H](C#N)c2nc(C)cs2)cc1. The largest absolute Gasteiger partial charge is 0.458 e. The lowest BCUT2D eigenvalue weighted by Crippen LogP contribution is -2.20. The Morgan fingerprint density at radius 1 is 1.28 bits per heavy atom. The summed E-state index contributed by atoms with van der Waals surface area (Å²) < 4.78 is 5.02. The lowest BCUT2D eigenvalue weighted by Gasteiger charge is -2.07. The van der Waals surface area contributed by atoms with Crippen molar-refractivity contribution in [1.82, 2.24) is 4.98 Å². The van der Waals surface area contributed by atoms with Crippen LogP contribution in [0.2, 0.25) is 0 Å². The summed E-state index contributed by atoms with van der Waals surface area (Å²) >= 11 is 1.26. The van der Waals surface area contributed by atoms with E-state index in [1.54, 1.807) is 12.3 Å². The molecule has 1 heterocycles. The lowest BCUT2D eigenvalue weighted by molar-refractivity contribution is -0.148. The van der Waals surface area contributed by atoms with Gasteiger partial charge in [0, 0.05) is 17.5 Å². The van der Waals surface area contributed by atoms with Gasteiger partial charge >= 0.3 is 5.97 Å². The van der Waals surface area contributed by atoms with Crippen molar-refractivity contribution in [2.75, 3.05) is 6.61 Å². The first-order valence-electron chi connectivity index (χ1n) is 8.11. The van der Waals surface area contributed by atoms with Crippen molar-refractivity contribution in [1.29, 1.82) is 5.26 Å². The number of carbonyl (C=O) groups excluding carboxylic acids is 2. The maximum absolute atomic E-state index is 12.1. The number of benzene rings is 1. The molecule has 2 rings (SSSR count). The molecule has 0 saturated heterocycles. The summed E-state index contributed by atoms with van der Waals surface area (Å²) in [6, 6.07) is 10.00. The van der Waals surface area contributed by atoms with Crippen LogP contribution < -0.4 is 0 Å². The van der Waals surface area contributed by atoms with Crippen LogP contribution in [0.25, 0.3) is 0 Å². The van der Waals surface area contributed by atoms with Gasteiger partial charge in [0.2, 0.25) is 0 Å². The molecule has 0 unspecified atom stereocenters. The van der Waals surface area contributed by atoms with Crippen LogP contribution in [0.1, 0.15) is 41.1 Å². The molecular formula is C19H20N2O3S. The Balaban J connectivity index is 1.80. The summed E-state index contributed by atoms with van der Waals surface area (Å²) in [7, 11) is 0. The molecule has 2 aromatic rings. The van der Waals surface area contributed by atoms with Gasteiger partial charge in [0.15, 0.2) is 18.3 Å². The van der Waals surface area contributed by atoms with Crippen molar-refractivity contribution >= 4 is 23.1 Å². The van der Waals surface area contributed by atoms with Gasteiger partial charge in [0.05, 0.1) is 6.07 Å². The minimum absolute atomic E-state index is 0.201. The fraction of sp³-hybridized carbons (Fsp3) is 0.368. The van der Waals surface area contributed by atoms with Gasteiger partial charge < -0.3 is 4.74 Å². The fourth-order valence-corrected chi connectivity index (χ4v) is 3.13. The van der Waals surface area contributed by atoms with Gasteiger partial charge in [-0.15, -0.1) is 11.3 Å². The maximum Gasteiger partial charge on any atom is 0.306 e. The zero-order chi connectivity index (χ0) is 18.2. The highest BCUT2D eigenvalue weighted by molar-refractivity contribution is 7.09. The number of rotatable bonds is 8. The molecule has 25 heavy (non-hydrogen) atoms. The third-order valence-electron chi connectivity index (χ3n) is 3.76. The average molecular weight is 356 g/mol. The van der Waals surface area contributed by atoms with Gasteiger partial charge in [0.25, 0.3) is 0 Å². The molecule has 0 N–H and O–H groups in total. The molecule has 0 bridgehead atoms. The number of carbonyl (C=O) groups is 2. The van der Waals surface area contributed by atoms with E-state index in [2.05, 4.69) is 11.9 Å². The number of thiazole rings is 1. The molecule has 0 aliphatic carbocycles. The number of Topliss-reactive ketones (excluding diaryl/α,β-unsaturated/α-hetero) is 1. The van der Waals surface area contributed by atoms with Crippen molar-refractivity contribution in [3.63, 3.8) is 0 Å². The van der Waals surface area contributed by atoms with E-state index in [0.29, 0.717) is 11.4 Å². The number of aryl methyl sites for hydroxylation is 3. The second-order valence-corrected chi connectivity index (χ2v) is 6.58. The van der Waals surface area contributed by atoms with E-state index in [-0.39, 0.29) is 6.42 Å². The van der Waals surface area contributed by atoms with Gasteiger partial charge in [0.1, 0.15) is 5.01 Å². The Labute approximate surface area is 151 Å². The summed E-state index contributed by atoms with van der Waals surface area (Å²) in [5.41, 5.74) is 3.06. The number of ketones is 1. The van der Waals surface area contributed by atoms with Crippen molar-refractivity contribution < 1.29 is 14.3 Å². The normalized spacial score (nSPS) is 11.6. The molecule has 0 radical (unpaired) electrons. The van der Waals surface area contributed by atoms with E-state index in [9.17, 15) is 14.9 Å². The number of nitrogens with zero attached hydrogens (tertiary/aromatic N) is 2. The number of aromatic nitrogens is 1. The molecule has 1 aromatic carbocycles. The third kappa shape index (κ3) is 5.50. The average Bonchev–Trinajstić information content (AvgIpc) is 3.05. The molecule has 6 heteroatoms.